The number of nitrogens with zero attached hydrogens (tertiary/aromatic N) is 1. The Kier molecular flexibility index (Phi) is 3.44. The number of halogens is 2. The van der Waals surface area contributed by atoms with Crippen LogP contribution >= 0.6 is 15.9 Å². The number of methoxy groups -OCH3 is 1. The number of benzene rings is 2. The van der Waals surface area contributed by atoms with Crippen molar-refractivity contribution >= 4 is 33.5 Å². The van der Waals surface area contributed by atoms with Crippen LogP contribution in [0.1, 0.15) is 11.1 Å². The highest BCUT2D eigenvalue weighted by Gasteiger charge is 2.11. The zero-order valence-electron chi connectivity index (χ0n) is 10.8. The van der Waals surface area contributed by atoms with E-state index < -0.39 is 0 Å². The molecule has 3 rings (SSSR count). The Morgan fingerprint density at radius 1 is 1.30 bits per heavy atom. The normalized spacial score (nSPS) is 12.3. The minimum absolute atomic E-state index is 0.217. The minimum atomic E-state index is -0.377. The fourth-order valence-corrected chi connectivity index (χ4v) is 2.61. The maximum absolute atomic E-state index is 13.4. The van der Waals surface area contributed by atoms with Gasteiger partial charge in [0.2, 0.25) is 0 Å². The van der Waals surface area contributed by atoms with Crippen LogP contribution in [0, 0.1) is 5.82 Å². The molecule has 5 heteroatoms. The lowest BCUT2D eigenvalue weighted by Gasteiger charge is -2.12. The summed E-state index contributed by atoms with van der Waals surface area (Å²) in [4.78, 5) is 4.24. The third kappa shape index (κ3) is 2.41. The molecule has 102 valence electrons. The highest BCUT2D eigenvalue weighted by atomic mass is 79.9. The number of aliphatic imine (C=N–C) groups is 1. The summed E-state index contributed by atoms with van der Waals surface area (Å²) in [6.45, 7) is 0.721. The maximum atomic E-state index is 13.4. The molecule has 3 nitrogen and oxygen atoms in total. The Morgan fingerprint density at radius 3 is 2.95 bits per heavy atom. The standard InChI is InChI=1S/C15H12BrFN2O/c1-20-15-6-11(2-3-13(15)17)19-14-5-10-8-18-7-9(10)4-12(14)16/h2-6,8,19H,7H2,1H3. The van der Waals surface area contributed by atoms with Gasteiger partial charge in [0.15, 0.2) is 11.6 Å². The lowest BCUT2D eigenvalue weighted by atomic mass is 10.1. The molecule has 0 amide bonds. The Labute approximate surface area is 124 Å². The summed E-state index contributed by atoms with van der Waals surface area (Å²) >= 11 is 3.53. The second kappa shape index (κ2) is 5.25. The van der Waals surface area contributed by atoms with Crippen molar-refractivity contribution in [3.05, 3.63) is 51.7 Å². The minimum Gasteiger partial charge on any atom is -0.494 e. The van der Waals surface area contributed by atoms with Gasteiger partial charge in [-0.1, -0.05) is 0 Å². The molecule has 1 aliphatic rings. The third-order valence-electron chi connectivity index (χ3n) is 3.15. The summed E-state index contributed by atoms with van der Waals surface area (Å²) in [5.74, 6) is -0.160. The van der Waals surface area contributed by atoms with Crippen LogP contribution in [0.3, 0.4) is 0 Å². The fraction of sp³-hybridized carbons (Fsp3) is 0.133. The summed E-state index contributed by atoms with van der Waals surface area (Å²) in [6.07, 6.45) is 1.86. The number of hydrogen-bond acceptors (Lipinski definition) is 3. The van der Waals surface area contributed by atoms with Crippen LogP contribution in [0.25, 0.3) is 0 Å². The SMILES string of the molecule is COc1cc(Nc2cc3c(cc2Br)CN=C3)ccc1F. The van der Waals surface area contributed by atoms with Gasteiger partial charge in [-0.3, -0.25) is 4.99 Å². The Hall–Kier alpha value is -1.88. The van der Waals surface area contributed by atoms with E-state index in [9.17, 15) is 4.39 Å². The van der Waals surface area contributed by atoms with Crippen molar-refractivity contribution in [1.29, 1.82) is 0 Å². The Balaban J connectivity index is 1.93. The first-order valence-corrected chi connectivity index (χ1v) is 6.89. The van der Waals surface area contributed by atoms with Crippen molar-refractivity contribution in [2.45, 2.75) is 6.54 Å². The highest BCUT2D eigenvalue weighted by molar-refractivity contribution is 9.10. The first-order valence-electron chi connectivity index (χ1n) is 6.10. The van der Waals surface area contributed by atoms with Crippen LogP contribution in [-0.4, -0.2) is 13.3 Å². The average Bonchev–Trinajstić information content (AvgIpc) is 2.88. The summed E-state index contributed by atoms with van der Waals surface area (Å²) in [7, 11) is 1.45. The van der Waals surface area contributed by atoms with Gasteiger partial charge in [-0.05, 0) is 51.3 Å². The van der Waals surface area contributed by atoms with E-state index >= 15 is 0 Å². The Bertz CT molecular complexity index is 701. The summed E-state index contributed by atoms with van der Waals surface area (Å²) in [5, 5.41) is 3.25. The molecular weight excluding hydrogens is 323 g/mol. The van der Waals surface area contributed by atoms with Crippen LogP contribution in [0.2, 0.25) is 0 Å². The summed E-state index contributed by atoms with van der Waals surface area (Å²) in [6, 6.07) is 8.75. The molecular formula is C15H12BrFN2O. The molecule has 0 bridgehead atoms. The van der Waals surface area contributed by atoms with Crippen LogP contribution in [0.15, 0.2) is 39.8 Å². The molecule has 0 unspecified atom stereocenters. The van der Waals surface area contributed by atoms with Crippen LogP contribution < -0.4 is 10.1 Å². The van der Waals surface area contributed by atoms with E-state index in [0.717, 1.165) is 28.0 Å². The van der Waals surface area contributed by atoms with Gasteiger partial charge in [-0.2, -0.15) is 0 Å². The van der Waals surface area contributed by atoms with E-state index in [2.05, 4.69) is 26.2 Å². The van der Waals surface area contributed by atoms with Gasteiger partial charge in [0, 0.05) is 22.4 Å². The zero-order chi connectivity index (χ0) is 14.1. The molecule has 0 saturated carbocycles. The molecule has 1 aliphatic heterocycles. The van der Waals surface area contributed by atoms with Crippen molar-refractivity contribution in [2.75, 3.05) is 12.4 Å². The maximum Gasteiger partial charge on any atom is 0.165 e. The van der Waals surface area contributed by atoms with Crippen molar-refractivity contribution in [3.63, 3.8) is 0 Å². The largest absolute Gasteiger partial charge is 0.494 e. The zero-order valence-corrected chi connectivity index (χ0v) is 12.4. The first-order chi connectivity index (χ1) is 9.67. The van der Waals surface area contributed by atoms with Crippen LogP contribution in [-0.2, 0) is 6.54 Å². The van der Waals surface area contributed by atoms with Crippen LogP contribution in [0.5, 0.6) is 5.75 Å². The number of nitrogens with one attached hydrogen (secondary N) is 1. The molecule has 1 N–H and O–H groups in total. The number of ether oxygens (including phenoxy) is 1. The van der Waals surface area contributed by atoms with Gasteiger partial charge in [0.05, 0.1) is 19.3 Å². The molecule has 0 fully saturated rings. The third-order valence-corrected chi connectivity index (χ3v) is 3.81. The summed E-state index contributed by atoms with van der Waals surface area (Å²) in [5.41, 5.74) is 3.97. The Morgan fingerprint density at radius 2 is 2.15 bits per heavy atom. The molecule has 0 aromatic heterocycles. The van der Waals surface area contributed by atoms with Gasteiger partial charge in [-0.15, -0.1) is 0 Å². The van der Waals surface area contributed by atoms with Crippen molar-refractivity contribution in [2.24, 2.45) is 4.99 Å². The van der Waals surface area contributed by atoms with E-state index in [4.69, 9.17) is 4.74 Å². The lowest BCUT2D eigenvalue weighted by Crippen LogP contribution is -1.96. The molecule has 0 radical (unpaired) electrons. The predicted octanol–water partition coefficient (Wildman–Crippen LogP) is 4.27. The highest BCUT2D eigenvalue weighted by Crippen LogP contribution is 2.32. The van der Waals surface area contributed by atoms with E-state index in [0.29, 0.717) is 0 Å². The molecule has 0 saturated heterocycles. The number of hydrogen-bond donors (Lipinski definition) is 1. The van der Waals surface area contributed by atoms with Gasteiger partial charge in [-0.25, -0.2) is 4.39 Å². The van der Waals surface area contributed by atoms with Gasteiger partial charge >= 0.3 is 0 Å². The quantitative estimate of drug-likeness (QED) is 0.909. The molecule has 20 heavy (non-hydrogen) atoms. The molecule has 0 spiro atoms. The number of fused-ring (bicyclic) bond motifs is 1. The second-order valence-electron chi connectivity index (χ2n) is 4.47. The molecule has 2 aromatic carbocycles. The molecule has 1 heterocycles. The van der Waals surface area contributed by atoms with E-state index in [-0.39, 0.29) is 11.6 Å². The number of anilines is 2. The van der Waals surface area contributed by atoms with E-state index in [1.807, 2.05) is 18.3 Å². The van der Waals surface area contributed by atoms with Gasteiger partial charge in [0.25, 0.3) is 0 Å². The van der Waals surface area contributed by atoms with Crippen LogP contribution in [0.4, 0.5) is 15.8 Å². The fourth-order valence-electron chi connectivity index (χ4n) is 2.12. The lowest BCUT2D eigenvalue weighted by molar-refractivity contribution is 0.387. The molecule has 0 aliphatic carbocycles. The van der Waals surface area contributed by atoms with Crippen molar-refractivity contribution < 1.29 is 9.13 Å². The van der Waals surface area contributed by atoms with Crippen molar-refractivity contribution in [3.8, 4) is 5.75 Å². The van der Waals surface area contributed by atoms with Gasteiger partial charge in [0.1, 0.15) is 0 Å². The first kappa shape index (κ1) is 13.1. The topological polar surface area (TPSA) is 33.6 Å². The van der Waals surface area contributed by atoms with Crippen molar-refractivity contribution in [1.82, 2.24) is 0 Å². The summed E-state index contributed by atoms with van der Waals surface area (Å²) < 4.78 is 19.3. The second-order valence-corrected chi connectivity index (χ2v) is 5.33. The van der Waals surface area contributed by atoms with E-state index in [1.165, 1.54) is 18.7 Å². The molecule has 2 aromatic rings. The van der Waals surface area contributed by atoms with E-state index in [1.54, 1.807) is 12.1 Å². The molecule has 0 atom stereocenters. The predicted molar refractivity (Wildman–Crippen MR) is 81.7 cm³/mol. The van der Waals surface area contributed by atoms with Gasteiger partial charge < -0.3 is 10.1 Å². The smallest absolute Gasteiger partial charge is 0.165 e. The monoisotopic (exact) mass is 334 g/mol. The number of rotatable bonds is 3. The average molecular weight is 335 g/mol.